The summed E-state index contributed by atoms with van der Waals surface area (Å²) < 4.78 is 4.61. The number of rotatable bonds is 3. The van der Waals surface area contributed by atoms with Crippen molar-refractivity contribution in [2.75, 3.05) is 17.8 Å². The number of hydrogen-bond acceptors (Lipinski definition) is 8. The number of carbonyl (C=O) groups excluding carboxylic acids is 2. The maximum atomic E-state index is 12.1. The molecule has 1 aromatic heterocycles. The molecule has 0 unspecified atom stereocenters. The Morgan fingerprint density at radius 1 is 1.60 bits per heavy atom. The molecule has 108 valence electrons. The molecule has 1 atom stereocenters. The van der Waals surface area contributed by atoms with Crippen molar-refractivity contribution in [3.05, 3.63) is 11.1 Å². The summed E-state index contributed by atoms with van der Waals surface area (Å²) >= 11 is 2.63. The minimum absolute atomic E-state index is 0.135. The van der Waals surface area contributed by atoms with E-state index in [2.05, 4.69) is 14.7 Å². The second-order valence-electron chi connectivity index (χ2n) is 3.84. The Morgan fingerprint density at radius 3 is 2.90 bits per heavy atom. The number of esters is 1. The Hall–Kier alpha value is -1.45. The molecule has 1 aliphatic heterocycles. The van der Waals surface area contributed by atoms with E-state index in [4.69, 9.17) is 5.73 Å². The van der Waals surface area contributed by atoms with Crippen LogP contribution < -0.4 is 10.6 Å². The molecule has 7 nitrogen and oxygen atoms in total. The van der Waals surface area contributed by atoms with Crippen LogP contribution in [-0.4, -0.2) is 41.1 Å². The number of anilines is 1. The molecule has 0 bridgehead atoms. The quantitative estimate of drug-likeness (QED) is 0.838. The van der Waals surface area contributed by atoms with E-state index in [1.165, 1.54) is 35.1 Å². The summed E-state index contributed by atoms with van der Waals surface area (Å²) in [6.45, 7) is 1.76. The maximum absolute atomic E-state index is 12.1. The Balaban J connectivity index is 2.32. The lowest BCUT2D eigenvalue weighted by Crippen LogP contribution is -2.37. The molecule has 2 N–H and O–H groups in total. The third-order valence-electron chi connectivity index (χ3n) is 2.55. The lowest BCUT2D eigenvalue weighted by Gasteiger charge is -2.18. The first-order valence-electron chi connectivity index (χ1n) is 5.87. The van der Waals surface area contributed by atoms with Crippen LogP contribution in [0, 0.1) is 0 Å². The lowest BCUT2D eigenvalue weighted by molar-refractivity contribution is -0.117. The van der Waals surface area contributed by atoms with E-state index in [0.29, 0.717) is 23.1 Å². The minimum atomic E-state index is -0.532. The highest BCUT2D eigenvalue weighted by atomic mass is 32.2. The Kier molecular flexibility index (Phi) is 4.73. The first-order chi connectivity index (χ1) is 9.56. The summed E-state index contributed by atoms with van der Waals surface area (Å²) in [5.41, 5.74) is 5.52. The van der Waals surface area contributed by atoms with E-state index in [1.807, 2.05) is 0 Å². The van der Waals surface area contributed by atoms with Crippen LogP contribution >= 0.6 is 23.1 Å². The van der Waals surface area contributed by atoms with Gasteiger partial charge >= 0.3 is 5.97 Å². The fourth-order valence-electron chi connectivity index (χ4n) is 1.59. The van der Waals surface area contributed by atoms with Gasteiger partial charge in [-0.15, -0.1) is 23.1 Å². The number of amidine groups is 1. The summed E-state index contributed by atoms with van der Waals surface area (Å²) in [4.78, 5) is 33.3. The second-order valence-corrected chi connectivity index (χ2v) is 5.78. The highest BCUT2D eigenvalue weighted by Crippen LogP contribution is 2.26. The first kappa shape index (κ1) is 14.9. The zero-order chi connectivity index (χ0) is 14.7. The van der Waals surface area contributed by atoms with Crippen LogP contribution in [-0.2, 0) is 9.53 Å². The van der Waals surface area contributed by atoms with Crippen molar-refractivity contribution in [1.29, 1.82) is 0 Å². The van der Waals surface area contributed by atoms with Crippen molar-refractivity contribution in [3.63, 3.8) is 0 Å². The molecule has 20 heavy (non-hydrogen) atoms. The number of amides is 1. The minimum Gasteiger partial charge on any atom is -0.464 e. The van der Waals surface area contributed by atoms with Gasteiger partial charge in [0.15, 0.2) is 10.8 Å². The van der Waals surface area contributed by atoms with Crippen molar-refractivity contribution in [2.24, 2.45) is 10.7 Å². The zero-order valence-electron chi connectivity index (χ0n) is 11.0. The number of thioether (sulfide) groups is 1. The van der Waals surface area contributed by atoms with Crippen molar-refractivity contribution >= 4 is 45.9 Å². The molecule has 0 aromatic carbocycles. The molecule has 0 saturated carbocycles. The van der Waals surface area contributed by atoms with Crippen LogP contribution in [0.4, 0.5) is 5.13 Å². The average molecular weight is 314 g/mol. The van der Waals surface area contributed by atoms with Crippen LogP contribution in [0.25, 0.3) is 0 Å². The van der Waals surface area contributed by atoms with Crippen molar-refractivity contribution in [3.8, 4) is 0 Å². The summed E-state index contributed by atoms with van der Waals surface area (Å²) in [6.07, 6.45) is 0.312. The Bertz CT molecular complexity index is 558. The highest BCUT2D eigenvalue weighted by molar-refractivity contribution is 8.00. The van der Waals surface area contributed by atoms with Gasteiger partial charge in [0.2, 0.25) is 5.91 Å². The monoisotopic (exact) mass is 314 g/mol. The number of methoxy groups -OCH3 is 1. The number of nitrogens with zero attached hydrogens (tertiary/aromatic N) is 3. The molecule has 0 fully saturated rings. The number of aliphatic imine (C=N–C) groups is 1. The normalized spacial score (nSPS) is 17.8. The lowest BCUT2D eigenvalue weighted by atomic mass is 10.4. The van der Waals surface area contributed by atoms with Crippen molar-refractivity contribution < 1.29 is 14.3 Å². The number of nitrogens with two attached hydrogens (primary N) is 1. The fraction of sp³-hybridized carbons (Fsp3) is 0.455. The molecule has 2 heterocycles. The van der Waals surface area contributed by atoms with E-state index in [-0.39, 0.29) is 17.1 Å². The van der Waals surface area contributed by atoms with Crippen LogP contribution in [0.5, 0.6) is 0 Å². The smallest absolute Gasteiger partial charge is 0.357 e. The van der Waals surface area contributed by atoms with Crippen LogP contribution in [0.2, 0.25) is 0 Å². The predicted molar refractivity (Wildman–Crippen MR) is 79.1 cm³/mol. The maximum Gasteiger partial charge on any atom is 0.357 e. The number of aromatic nitrogens is 1. The van der Waals surface area contributed by atoms with Crippen LogP contribution in [0.15, 0.2) is 10.4 Å². The predicted octanol–water partition coefficient (Wildman–Crippen LogP) is 1.06. The summed E-state index contributed by atoms with van der Waals surface area (Å²) in [5, 5.41) is 1.96. The van der Waals surface area contributed by atoms with Gasteiger partial charge in [-0.25, -0.2) is 19.7 Å². The molecular formula is C11H14N4O3S2. The highest BCUT2D eigenvalue weighted by Gasteiger charge is 2.28. The average Bonchev–Trinajstić information content (AvgIpc) is 3.08. The first-order valence-corrected chi connectivity index (χ1v) is 7.80. The number of hydrogen-bond donors (Lipinski definition) is 1. The van der Waals surface area contributed by atoms with Gasteiger partial charge in [0, 0.05) is 11.8 Å². The van der Waals surface area contributed by atoms with Gasteiger partial charge in [-0.2, -0.15) is 0 Å². The molecule has 9 heteroatoms. The Morgan fingerprint density at radius 2 is 2.35 bits per heavy atom. The van der Waals surface area contributed by atoms with Gasteiger partial charge in [-0.3, -0.25) is 4.79 Å². The standard InChI is InChI=1S/C11H14N4O3S2/c1-3-8(16)15(7-5-19-10(12)14-7)11-13-6(4-20-11)9(17)18-2/h4,10H,3,5,12H2,1-2H3/t10-/m0/s1. The molecule has 2 rings (SSSR count). The summed E-state index contributed by atoms with van der Waals surface area (Å²) in [6, 6.07) is 0. The van der Waals surface area contributed by atoms with E-state index in [0.717, 1.165) is 0 Å². The number of ether oxygens (including phenoxy) is 1. The summed E-state index contributed by atoms with van der Waals surface area (Å²) in [7, 11) is 1.28. The molecule has 0 saturated heterocycles. The Labute approximate surface area is 124 Å². The van der Waals surface area contributed by atoms with E-state index >= 15 is 0 Å². The van der Waals surface area contributed by atoms with Gasteiger partial charge < -0.3 is 10.5 Å². The third kappa shape index (κ3) is 3.00. The molecule has 0 aliphatic carbocycles. The SMILES string of the molecule is CCC(=O)N(C1=N[C@H](N)SC1)c1nc(C(=O)OC)cs1. The van der Waals surface area contributed by atoms with Crippen LogP contribution in [0.3, 0.4) is 0 Å². The van der Waals surface area contributed by atoms with Gasteiger partial charge in [0.25, 0.3) is 0 Å². The fourth-order valence-corrected chi connectivity index (χ4v) is 3.14. The molecule has 1 amide bonds. The van der Waals surface area contributed by atoms with Crippen LogP contribution in [0.1, 0.15) is 23.8 Å². The van der Waals surface area contributed by atoms with Gasteiger partial charge in [0.1, 0.15) is 11.3 Å². The zero-order valence-corrected chi connectivity index (χ0v) is 12.7. The van der Waals surface area contributed by atoms with E-state index in [1.54, 1.807) is 12.3 Å². The molecule has 0 radical (unpaired) electrons. The third-order valence-corrected chi connectivity index (χ3v) is 4.24. The van der Waals surface area contributed by atoms with E-state index < -0.39 is 5.97 Å². The largest absolute Gasteiger partial charge is 0.464 e. The molecule has 0 spiro atoms. The topological polar surface area (TPSA) is 97.9 Å². The second kappa shape index (κ2) is 6.33. The molecule has 1 aliphatic rings. The van der Waals surface area contributed by atoms with E-state index in [9.17, 15) is 9.59 Å². The number of carbonyl (C=O) groups is 2. The van der Waals surface area contributed by atoms with Crippen molar-refractivity contribution in [1.82, 2.24) is 4.98 Å². The molecular weight excluding hydrogens is 300 g/mol. The van der Waals surface area contributed by atoms with Gasteiger partial charge in [-0.05, 0) is 0 Å². The molecule has 1 aromatic rings. The summed E-state index contributed by atoms with van der Waals surface area (Å²) in [5.74, 6) is 0.445. The van der Waals surface area contributed by atoms with Gasteiger partial charge in [-0.1, -0.05) is 6.92 Å². The van der Waals surface area contributed by atoms with Gasteiger partial charge in [0.05, 0.1) is 12.9 Å². The number of thiazole rings is 1. The van der Waals surface area contributed by atoms with Crippen molar-refractivity contribution in [2.45, 2.75) is 18.8 Å².